The second-order valence-corrected chi connectivity index (χ2v) is 5.80. The third kappa shape index (κ3) is 3.86. The van der Waals surface area contributed by atoms with Crippen molar-refractivity contribution in [1.29, 1.82) is 0 Å². The lowest BCUT2D eigenvalue weighted by molar-refractivity contribution is 0.0272. The number of halogens is 1. The van der Waals surface area contributed by atoms with Gasteiger partial charge in [-0.2, -0.15) is 19.9 Å². The Morgan fingerprint density at radius 2 is 1.96 bits per heavy atom. The molecule has 0 atom stereocenters. The number of benzene rings is 1. The van der Waals surface area contributed by atoms with Gasteiger partial charge in [-0.15, -0.1) is 0 Å². The Morgan fingerprint density at radius 3 is 2.75 bits per heavy atom. The van der Waals surface area contributed by atoms with Crippen molar-refractivity contribution in [3.63, 3.8) is 0 Å². The summed E-state index contributed by atoms with van der Waals surface area (Å²) in [6.45, 7) is 1.78. The molecule has 0 aliphatic carbocycles. The minimum absolute atomic E-state index is 0.0104. The molecule has 0 radical (unpaired) electrons. The maximum atomic E-state index is 13.3. The third-order valence-corrected chi connectivity index (χ3v) is 3.84. The molecule has 144 valence electrons. The molecule has 0 unspecified atom stereocenters. The van der Waals surface area contributed by atoms with Gasteiger partial charge in [0.15, 0.2) is 0 Å². The van der Waals surface area contributed by atoms with Crippen molar-refractivity contribution in [2.24, 2.45) is 0 Å². The van der Waals surface area contributed by atoms with Gasteiger partial charge in [-0.05, 0) is 18.2 Å². The van der Waals surface area contributed by atoms with Gasteiger partial charge in [0.25, 0.3) is 0 Å². The third-order valence-electron chi connectivity index (χ3n) is 3.84. The number of nitrogens with one attached hydrogen (secondary N) is 1. The molecule has 0 spiro atoms. The Labute approximate surface area is 157 Å². The van der Waals surface area contributed by atoms with Crippen LogP contribution >= 0.6 is 0 Å². The van der Waals surface area contributed by atoms with Crippen molar-refractivity contribution >= 4 is 23.5 Å². The van der Waals surface area contributed by atoms with E-state index in [1.165, 1.54) is 18.2 Å². The number of carbonyl (C=O) groups is 1. The molecule has 3 heterocycles. The molecule has 0 bridgehead atoms. The van der Waals surface area contributed by atoms with E-state index in [0.717, 1.165) is 0 Å². The van der Waals surface area contributed by atoms with Crippen LogP contribution in [0.2, 0.25) is 0 Å². The highest BCUT2D eigenvalue weighted by molar-refractivity contribution is 5.90. The van der Waals surface area contributed by atoms with Crippen LogP contribution in [0.15, 0.2) is 28.8 Å². The number of aromatic nitrogens is 5. The van der Waals surface area contributed by atoms with Gasteiger partial charge < -0.3 is 25.2 Å². The molecule has 1 aromatic carbocycles. The number of anilines is 3. The molecule has 11 nitrogen and oxygen atoms in total. The number of nitrogen functional groups attached to an aromatic ring is 1. The summed E-state index contributed by atoms with van der Waals surface area (Å²) >= 11 is 0. The predicted molar refractivity (Wildman–Crippen MR) is 93.9 cm³/mol. The number of rotatable bonds is 4. The standard InChI is InChI=1S/C16H15FN8O3/c17-9-2-1-3-10(8-9)19-16-22-11(21-15(18)23-16)12-20-13(28-24-12)14(26)25-4-6-27-7-5-25/h1-3,8H,4-7H2,(H3,18,19,21,22,23). The van der Waals surface area contributed by atoms with E-state index in [2.05, 4.69) is 30.4 Å². The molecular formula is C16H15FN8O3. The van der Waals surface area contributed by atoms with E-state index in [9.17, 15) is 9.18 Å². The zero-order valence-corrected chi connectivity index (χ0v) is 14.5. The monoisotopic (exact) mass is 386 g/mol. The summed E-state index contributed by atoms with van der Waals surface area (Å²) in [5.41, 5.74) is 6.14. The SMILES string of the molecule is Nc1nc(Nc2cccc(F)c2)nc(-c2noc(C(=O)N3CCOCC3)n2)n1. The summed E-state index contributed by atoms with van der Waals surface area (Å²) in [6, 6.07) is 5.75. The first-order valence-corrected chi connectivity index (χ1v) is 8.34. The molecule has 1 saturated heterocycles. The summed E-state index contributed by atoms with van der Waals surface area (Å²) in [6.07, 6.45) is 0. The number of hydrogen-bond acceptors (Lipinski definition) is 10. The van der Waals surface area contributed by atoms with Crippen LogP contribution in [0.3, 0.4) is 0 Å². The molecule has 0 saturated carbocycles. The first kappa shape index (κ1) is 17.7. The van der Waals surface area contributed by atoms with Gasteiger partial charge in [0.05, 0.1) is 13.2 Å². The summed E-state index contributed by atoms with van der Waals surface area (Å²) in [5, 5.41) is 6.56. The van der Waals surface area contributed by atoms with E-state index in [-0.39, 0.29) is 29.4 Å². The molecular weight excluding hydrogens is 371 g/mol. The Kier molecular flexibility index (Phi) is 4.76. The van der Waals surface area contributed by atoms with Crippen molar-refractivity contribution in [2.75, 3.05) is 37.4 Å². The predicted octanol–water partition coefficient (Wildman–Crippen LogP) is 0.859. The van der Waals surface area contributed by atoms with Crippen molar-refractivity contribution < 1.29 is 18.4 Å². The fourth-order valence-corrected chi connectivity index (χ4v) is 2.55. The first-order chi connectivity index (χ1) is 13.6. The van der Waals surface area contributed by atoms with E-state index in [4.69, 9.17) is 15.0 Å². The van der Waals surface area contributed by atoms with Crippen molar-refractivity contribution in [1.82, 2.24) is 30.0 Å². The molecule has 1 aliphatic rings. The molecule has 28 heavy (non-hydrogen) atoms. The Bertz CT molecular complexity index is 1010. The second kappa shape index (κ2) is 7.52. The average Bonchev–Trinajstić information content (AvgIpc) is 3.18. The number of nitrogens with zero attached hydrogens (tertiary/aromatic N) is 6. The fraction of sp³-hybridized carbons (Fsp3) is 0.250. The van der Waals surface area contributed by atoms with Gasteiger partial charge >= 0.3 is 11.8 Å². The van der Waals surface area contributed by atoms with E-state index >= 15 is 0 Å². The molecule has 2 aromatic heterocycles. The largest absolute Gasteiger partial charge is 0.378 e. The van der Waals surface area contributed by atoms with Gasteiger partial charge in [0, 0.05) is 18.8 Å². The molecule has 3 N–H and O–H groups in total. The van der Waals surface area contributed by atoms with Gasteiger partial charge in [-0.1, -0.05) is 11.2 Å². The fourth-order valence-electron chi connectivity index (χ4n) is 2.55. The number of carbonyl (C=O) groups excluding carboxylic acids is 1. The number of nitrogens with two attached hydrogens (primary N) is 1. The maximum Gasteiger partial charge on any atom is 0.316 e. The van der Waals surface area contributed by atoms with Crippen molar-refractivity contribution in [3.05, 3.63) is 36.0 Å². The lowest BCUT2D eigenvalue weighted by atomic mass is 10.3. The molecule has 3 aromatic rings. The van der Waals surface area contributed by atoms with E-state index in [1.54, 1.807) is 11.0 Å². The number of hydrogen-bond donors (Lipinski definition) is 2. The lowest BCUT2D eigenvalue weighted by Crippen LogP contribution is -2.40. The van der Waals surface area contributed by atoms with E-state index in [0.29, 0.717) is 32.0 Å². The summed E-state index contributed by atoms with van der Waals surface area (Å²) < 4.78 is 23.6. The van der Waals surface area contributed by atoms with Crippen LogP contribution in [0.4, 0.5) is 22.0 Å². The van der Waals surface area contributed by atoms with E-state index in [1.807, 2.05) is 0 Å². The lowest BCUT2D eigenvalue weighted by Gasteiger charge is -2.25. The van der Waals surface area contributed by atoms with Gasteiger partial charge in [-0.3, -0.25) is 4.79 Å². The van der Waals surface area contributed by atoms with Crippen LogP contribution in [-0.2, 0) is 4.74 Å². The number of amides is 1. The minimum Gasteiger partial charge on any atom is -0.378 e. The van der Waals surface area contributed by atoms with Crippen LogP contribution in [0.1, 0.15) is 10.7 Å². The van der Waals surface area contributed by atoms with Gasteiger partial charge in [0.2, 0.25) is 23.5 Å². The van der Waals surface area contributed by atoms with Crippen LogP contribution in [0, 0.1) is 5.82 Å². The maximum absolute atomic E-state index is 13.3. The first-order valence-electron chi connectivity index (χ1n) is 8.34. The number of ether oxygens (including phenoxy) is 1. The highest BCUT2D eigenvalue weighted by Crippen LogP contribution is 2.18. The topological polar surface area (TPSA) is 145 Å². The molecule has 4 rings (SSSR count). The Morgan fingerprint density at radius 1 is 1.14 bits per heavy atom. The van der Waals surface area contributed by atoms with Crippen molar-refractivity contribution in [3.8, 4) is 11.6 Å². The molecule has 1 fully saturated rings. The summed E-state index contributed by atoms with van der Waals surface area (Å²) in [7, 11) is 0. The molecule has 12 heteroatoms. The Balaban J connectivity index is 1.57. The van der Waals surface area contributed by atoms with E-state index < -0.39 is 11.7 Å². The van der Waals surface area contributed by atoms with Gasteiger partial charge in [-0.25, -0.2) is 4.39 Å². The van der Waals surface area contributed by atoms with Gasteiger partial charge in [0.1, 0.15) is 5.82 Å². The molecule has 1 amide bonds. The zero-order chi connectivity index (χ0) is 19.5. The Hall–Kier alpha value is -3.67. The second-order valence-electron chi connectivity index (χ2n) is 5.80. The smallest absolute Gasteiger partial charge is 0.316 e. The average molecular weight is 386 g/mol. The number of morpholine rings is 1. The highest BCUT2D eigenvalue weighted by atomic mass is 19.1. The van der Waals surface area contributed by atoms with Crippen molar-refractivity contribution in [2.45, 2.75) is 0 Å². The summed E-state index contributed by atoms with van der Waals surface area (Å²) in [4.78, 5) is 30.1. The van der Waals surface area contributed by atoms with Crippen LogP contribution in [0.5, 0.6) is 0 Å². The van der Waals surface area contributed by atoms with Crippen LogP contribution < -0.4 is 11.1 Å². The zero-order valence-electron chi connectivity index (χ0n) is 14.5. The molecule has 1 aliphatic heterocycles. The minimum atomic E-state index is -0.420. The normalized spacial score (nSPS) is 14.1. The van der Waals surface area contributed by atoms with Crippen LogP contribution in [0.25, 0.3) is 11.6 Å². The quantitative estimate of drug-likeness (QED) is 0.662. The van der Waals surface area contributed by atoms with Crippen LogP contribution in [-0.4, -0.2) is 62.2 Å². The summed E-state index contributed by atoms with van der Waals surface area (Å²) in [5.74, 6) is -1.05. The highest BCUT2D eigenvalue weighted by Gasteiger charge is 2.25.